The van der Waals surface area contributed by atoms with Gasteiger partial charge >= 0.3 is 0 Å². The fraction of sp³-hybridized carbons (Fsp3) is 0.615. The second-order valence-corrected chi connectivity index (χ2v) is 6.11. The Balaban J connectivity index is 1.74. The first-order chi connectivity index (χ1) is 10.0. The van der Waals surface area contributed by atoms with Crippen LogP contribution in [0.25, 0.3) is 11.2 Å². The van der Waals surface area contributed by atoms with Gasteiger partial charge in [-0.1, -0.05) is 6.92 Å². The van der Waals surface area contributed by atoms with E-state index < -0.39 is 24.0 Å². The van der Waals surface area contributed by atoms with Crippen LogP contribution in [0.1, 0.15) is 26.0 Å². The number of aromatic nitrogens is 4. The van der Waals surface area contributed by atoms with Gasteiger partial charge < -0.3 is 20.7 Å². The lowest BCUT2D eigenvalue weighted by Gasteiger charge is -2.44. The average Bonchev–Trinajstić information content (AvgIpc) is 2.95. The Morgan fingerprint density at radius 2 is 2.10 bits per heavy atom. The number of hydrogen-bond acceptors (Lipinski definition) is 7. The minimum absolute atomic E-state index is 0.277. The molecule has 0 bridgehead atoms. The van der Waals surface area contributed by atoms with E-state index in [2.05, 4.69) is 21.9 Å². The highest BCUT2D eigenvalue weighted by molar-refractivity contribution is 5.81. The molecule has 4 N–H and O–H groups in total. The van der Waals surface area contributed by atoms with Gasteiger partial charge in [0.05, 0.1) is 11.9 Å². The van der Waals surface area contributed by atoms with Crippen LogP contribution >= 0.6 is 0 Å². The van der Waals surface area contributed by atoms with Gasteiger partial charge in [-0.05, 0) is 18.8 Å². The molecule has 1 aliphatic carbocycles. The molecule has 1 saturated carbocycles. The normalized spacial score (nSPS) is 39.0. The quantitative estimate of drug-likeness (QED) is 0.667. The number of nitrogens with two attached hydrogens (primary N) is 1. The summed E-state index contributed by atoms with van der Waals surface area (Å²) in [5, 5.41) is 20.7. The number of aliphatic hydroxyl groups excluding tert-OH is 2. The van der Waals surface area contributed by atoms with E-state index in [0.29, 0.717) is 17.1 Å². The summed E-state index contributed by atoms with van der Waals surface area (Å²) in [4.78, 5) is 12.2. The van der Waals surface area contributed by atoms with Crippen molar-refractivity contribution in [3.8, 4) is 0 Å². The van der Waals surface area contributed by atoms with Gasteiger partial charge in [0, 0.05) is 0 Å². The lowest BCUT2D eigenvalue weighted by molar-refractivity contribution is -0.166. The van der Waals surface area contributed by atoms with Gasteiger partial charge in [0.1, 0.15) is 24.1 Å². The third-order valence-electron chi connectivity index (χ3n) is 4.56. The first-order valence-electron chi connectivity index (χ1n) is 6.99. The van der Waals surface area contributed by atoms with Crippen LogP contribution in [0.15, 0.2) is 12.7 Å². The van der Waals surface area contributed by atoms with E-state index in [1.165, 1.54) is 12.7 Å². The first-order valence-corrected chi connectivity index (χ1v) is 6.99. The molecule has 8 heteroatoms. The predicted octanol–water partition coefficient (Wildman–Crippen LogP) is -0.172. The van der Waals surface area contributed by atoms with Gasteiger partial charge in [-0.2, -0.15) is 0 Å². The van der Waals surface area contributed by atoms with Crippen molar-refractivity contribution in [3.63, 3.8) is 0 Å². The van der Waals surface area contributed by atoms with Crippen LogP contribution in [0.3, 0.4) is 0 Å². The van der Waals surface area contributed by atoms with Crippen molar-refractivity contribution < 1.29 is 14.9 Å². The molecule has 2 fully saturated rings. The molecule has 1 saturated heterocycles. The van der Waals surface area contributed by atoms with E-state index in [9.17, 15) is 10.2 Å². The minimum Gasteiger partial charge on any atom is -0.387 e. The third-order valence-corrected chi connectivity index (χ3v) is 4.56. The molecular formula is C13H17N5O3. The van der Waals surface area contributed by atoms with Gasteiger partial charge in [-0.3, -0.25) is 4.57 Å². The smallest absolute Gasteiger partial charge is 0.167 e. The number of aliphatic hydroxyl groups is 2. The Kier molecular flexibility index (Phi) is 2.54. The summed E-state index contributed by atoms with van der Waals surface area (Å²) in [5.74, 6) is 0.766. The second-order valence-electron chi connectivity index (χ2n) is 6.11. The maximum absolute atomic E-state index is 10.3. The number of anilines is 1. The van der Waals surface area contributed by atoms with E-state index in [-0.39, 0.29) is 5.82 Å². The fourth-order valence-electron chi connectivity index (χ4n) is 3.58. The SMILES string of the molecule is CC1CC2(C1)O[C@@H](n1cnc3c(N)ncnc31)[C@H](O)[C@@H]2O. The van der Waals surface area contributed by atoms with Crippen molar-refractivity contribution in [2.75, 3.05) is 5.73 Å². The number of hydrogen-bond donors (Lipinski definition) is 3. The second kappa shape index (κ2) is 4.12. The molecule has 0 radical (unpaired) electrons. The molecule has 8 nitrogen and oxygen atoms in total. The maximum Gasteiger partial charge on any atom is 0.167 e. The summed E-state index contributed by atoms with van der Waals surface area (Å²) < 4.78 is 7.60. The van der Waals surface area contributed by atoms with Gasteiger partial charge in [0.2, 0.25) is 0 Å². The summed E-state index contributed by atoms with van der Waals surface area (Å²) in [6.07, 6.45) is 1.69. The van der Waals surface area contributed by atoms with E-state index in [1.54, 1.807) is 4.57 Å². The van der Waals surface area contributed by atoms with Crippen molar-refractivity contribution in [3.05, 3.63) is 12.7 Å². The maximum atomic E-state index is 10.3. The molecular weight excluding hydrogens is 274 g/mol. The summed E-state index contributed by atoms with van der Waals surface area (Å²) in [6, 6.07) is 0. The standard InChI is InChI=1S/C13H17N5O3/c1-6-2-13(3-6)9(20)8(19)12(21-13)18-5-17-7-10(14)15-4-16-11(7)18/h4-6,8-9,12,19-20H,2-3H2,1H3,(H2,14,15,16)/t6?,8-,9+,12-,13?/m1/s1. The number of nitrogen functional groups attached to an aromatic ring is 1. The van der Waals surface area contributed by atoms with E-state index >= 15 is 0 Å². The topological polar surface area (TPSA) is 119 Å². The molecule has 4 rings (SSSR count). The van der Waals surface area contributed by atoms with Crippen LogP contribution in [-0.2, 0) is 4.74 Å². The summed E-state index contributed by atoms with van der Waals surface area (Å²) in [6.45, 7) is 2.10. The van der Waals surface area contributed by atoms with Crippen LogP contribution in [0.4, 0.5) is 5.82 Å². The monoisotopic (exact) mass is 291 g/mol. The van der Waals surface area contributed by atoms with Crippen molar-refractivity contribution in [1.29, 1.82) is 0 Å². The summed E-state index contributed by atoms with van der Waals surface area (Å²) in [7, 11) is 0. The van der Waals surface area contributed by atoms with E-state index in [4.69, 9.17) is 10.5 Å². The van der Waals surface area contributed by atoms with Crippen molar-refractivity contribution in [2.24, 2.45) is 5.92 Å². The zero-order chi connectivity index (χ0) is 14.8. The van der Waals surface area contributed by atoms with Crippen LogP contribution < -0.4 is 5.73 Å². The van der Waals surface area contributed by atoms with Crippen LogP contribution in [0.2, 0.25) is 0 Å². The van der Waals surface area contributed by atoms with Gasteiger partial charge in [0.25, 0.3) is 0 Å². The molecule has 0 amide bonds. The molecule has 21 heavy (non-hydrogen) atoms. The van der Waals surface area contributed by atoms with Crippen molar-refractivity contribution >= 4 is 17.0 Å². The number of imidazole rings is 1. The average molecular weight is 291 g/mol. The van der Waals surface area contributed by atoms with E-state index in [1.807, 2.05) is 0 Å². The molecule has 0 aromatic carbocycles. The first kappa shape index (κ1) is 12.9. The van der Waals surface area contributed by atoms with Gasteiger partial charge in [-0.15, -0.1) is 0 Å². The van der Waals surface area contributed by atoms with Crippen molar-refractivity contribution in [1.82, 2.24) is 19.5 Å². The number of ether oxygens (including phenoxy) is 1. The zero-order valence-electron chi connectivity index (χ0n) is 11.5. The fourth-order valence-corrected chi connectivity index (χ4v) is 3.58. The highest BCUT2D eigenvalue weighted by Crippen LogP contribution is 2.52. The highest BCUT2D eigenvalue weighted by atomic mass is 16.6. The molecule has 3 atom stereocenters. The van der Waals surface area contributed by atoms with Gasteiger partial charge in [-0.25, -0.2) is 15.0 Å². The molecule has 2 aliphatic rings. The van der Waals surface area contributed by atoms with Gasteiger partial charge in [0.15, 0.2) is 17.7 Å². The highest BCUT2D eigenvalue weighted by Gasteiger charge is 2.60. The molecule has 0 unspecified atom stereocenters. The Morgan fingerprint density at radius 1 is 1.33 bits per heavy atom. The number of fused-ring (bicyclic) bond motifs is 1. The Hall–Kier alpha value is -1.77. The Bertz CT molecular complexity index is 696. The molecule has 1 spiro atoms. The largest absolute Gasteiger partial charge is 0.387 e. The number of nitrogens with zero attached hydrogens (tertiary/aromatic N) is 4. The molecule has 2 aromatic rings. The van der Waals surface area contributed by atoms with Crippen LogP contribution in [0, 0.1) is 5.92 Å². The van der Waals surface area contributed by atoms with Crippen molar-refractivity contribution in [2.45, 2.75) is 43.8 Å². The molecule has 112 valence electrons. The lowest BCUT2D eigenvalue weighted by atomic mass is 9.69. The molecule has 3 heterocycles. The Morgan fingerprint density at radius 3 is 2.81 bits per heavy atom. The Labute approximate surface area is 120 Å². The lowest BCUT2D eigenvalue weighted by Crippen LogP contribution is -2.52. The minimum atomic E-state index is -1.02. The predicted molar refractivity (Wildman–Crippen MR) is 73.0 cm³/mol. The molecule has 1 aliphatic heterocycles. The number of rotatable bonds is 1. The van der Waals surface area contributed by atoms with Crippen LogP contribution in [-0.4, -0.2) is 47.5 Å². The summed E-state index contributed by atoms with van der Waals surface area (Å²) >= 11 is 0. The van der Waals surface area contributed by atoms with Crippen LogP contribution in [0.5, 0.6) is 0 Å². The third kappa shape index (κ3) is 1.63. The summed E-state index contributed by atoms with van der Waals surface area (Å²) in [5.41, 5.74) is 6.06. The molecule has 2 aromatic heterocycles. The van der Waals surface area contributed by atoms with E-state index in [0.717, 1.165) is 12.8 Å². The zero-order valence-corrected chi connectivity index (χ0v) is 11.5.